The second-order valence-electron chi connectivity index (χ2n) is 10.4. The summed E-state index contributed by atoms with van der Waals surface area (Å²) in [5.41, 5.74) is -1.68. The maximum atomic E-state index is 13.5. The first-order chi connectivity index (χ1) is 13.0. The van der Waals surface area contributed by atoms with Gasteiger partial charge in [-0.15, -0.1) is 0 Å². The van der Waals surface area contributed by atoms with Crippen molar-refractivity contribution in [2.45, 2.75) is 65.4 Å². The zero-order valence-corrected chi connectivity index (χ0v) is 17.3. The normalized spacial score (nSPS) is 50.5. The minimum absolute atomic E-state index is 0.0594. The highest BCUT2D eigenvalue weighted by molar-refractivity contribution is 5.94. The van der Waals surface area contributed by atoms with Crippen LogP contribution in [0.25, 0.3) is 0 Å². The molecule has 0 saturated heterocycles. The quantitative estimate of drug-likeness (QED) is 0.758. The third-order valence-corrected chi connectivity index (χ3v) is 9.12. The first-order valence-corrected chi connectivity index (χ1v) is 10.6. The lowest BCUT2D eigenvalue weighted by molar-refractivity contribution is -0.175. The molecule has 4 aliphatic carbocycles. The van der Waals surface area contributed by atoms with Gasteiger partial charge in [-0.3, -0.25) is 14.4 Å². The molecule has 0 aromatic carbocycles. The maximum Gasteiger partial charge on any atom is 0.190 e. The molecule has 3 fully saturated rings. The lowest BCUT2D eigenvalue weighted by Crippen LogP contribution is -2.62. The van der Waals surface area contributed by atoms with E-state index < -0.39 is 23.4 Å². The Kier molecular flexibility index (Phi) is 4.34. The van der Waals surface area contributed by atoms with E-state index in [-0.39, 0.29) is 53.0 Å². The average Bonchev–Trinajstić information content (AvgIpc) is 2.83. The Labute approximate surface area is 166 Å². The summed E-state index contributed by atoms with van der Waals surface area (Å²) in [6, 6.07) is 0. The van der Waals surface area contributed by atoms with Gasteiger partial charge in [-0.25, -0.2) is 0 Å². The van der Waals surface area contributed by atoms with E-state index in [1.165, 1.54) is 0 Å². The lowest BCUT2D eigenvalue weighted by Gasteiger charge is -2.59. The molecule has 0 aromatic heterocycles. The molecular formula is C23H32O5. The van der Waals surface area contributed by atoms with Crippen LogP contribution in [0.1, 0.15) is 59.8 Å². The summed E-state index contributed by atoms with van der Waals surface area (Å²) in [6.07, 6.45) is 4.63. The number of aliphatic hydroxyl groups excluding tert-OH is 1. The summed E-state index contributed by atoms with van der Waals surface area (Å²) in [5.74, 6) is -0.372. The molecule has 8 atom stereocenters. The number of rotatable bonds is 2. The molecule has 0 amide bonds. The van der Waals surface area contributed by atoms with Crippen molar-refractivity contribution in [3.8, 4) is 0 Å². The van der Waals surface area contributed by atoms with Crippen LogP contribution >= 0.6 is 0 Å². The molecule has 3 saturated carbocycles. The van der Waals surface area contributed by atoms with Crippen molar-refractivity contribution in [3.05, 3.63) is 11.6 Å². The first kappa shape index (κ1) is 20.0. The number of fused-ring (bicyclic) bond motifs is 5. The highest BCUT2D eigenvalue weighted by Gasteiger charge is 2.71. The molecule has 5 heteroatoms. The van der Waals surface area contributed by atoms with Crippen molar-refractivity contribution >= 4 is 17.3 Å². The third-order valence-electron chi connectivity index (χ3n) is 9.12. The Balaban J connectivity index is 1.81. The van der Waals surface area contributed by atoms with Crippen molar-refractivity contribution in [3.63, 3.8) is 0 Å². The van der Waals surface area contributed by atoms with E-state index in [2.05, 4.69) is 13.8 Å². The lowest BCUT2D eigenvalue weighted by atomic mass is 9.44. The van der Waals surface area contributed by atoms with Gasteiger partial charge in [0.2, 0.25) is 0 Å². The van der Waals surface area contributed by atoms with Gasteiger partial charge in [0.05, 0.1) is 0 Å². The molecule has 4 rings (SSSR count). The van der Waals surface area contributed by atoms with Crippen LogP contribution in [0.2, 0.25) is 0 Å². The highest BCUT2D eigenvalue weighted by Crippen LogP contribution is 2.68. The first-order valence-electron chi connectivity index (χ1n) is 10.6. The van der Waals surface area contributed by atoms with E-state index in [0.717, 1.165) is 12.0 Å². The summed E-state index contributed by atoms with van der Waals surface area (Å²) in [6.45, 7) is 7.33. The van der Waals surface area contributed by atoms with Gasteiger partial charge in [0, 0.05) is 24.2 Å². The Hall–Kier alpha value is -1.33. The van der Waals surface area contributed by atoms with Gasteiger partial charge in [0.1, 0.15) is 18.0 Å². The summed E-state index contributed by atoms with van der Waals surface area (Å²) in [5, 5.41) is 21.0. The fourth-order valence-electron chi connectivity index (χ4n) is 7.87. The molecule has 0 aliphatic heterocycles. The molecule has 4 aliphatic rings. The van der Waals surface area contributed by atoms with Crippen LogP contribution in [0.3, 0.4) is 0 Å². The number of carbonyl (C=O) groups excluding carboxylic acids is 3. The molecule has 0 spiro atoms. The molecule has 0 radical (unpaired) electrons. The zero-order valence-electron chi connectivity index (χ0n) is 17.3. The van der Waals surface area contributed by atoms with Gasteiger partial charge in [-0.1, -0.05) is 33.3 Å². The van der Waals surface area contributed by atoms with Crippen molar-refractivity contribution in [2.75, 3.05) is 6.61 Å². The average molecular weight is 389 g/mol. The van der Waals surface area contributed by atoms with Gasteiger partial charge in [0.15, 0.2) is 11.6 Å². The number of allylic oxidation sites excluding steroid dienone is 1. The second-order valence-corrected chi connectivity index (χ2v) is 10.4. The van der Waals surface area contributed by atoms with Crippen LogP contribution in [-0.4, -0.2) is 39.8 Å². The van der Waals surface area contributed by atoms with Gasteiger partial charge in [0.25, 0.3) is 0 Å². The molecule has 2 N–H and O–H groups in total. The van der Waals surface area contributed by atoms with Crippen LogP contribution in [0.15, 0.2) is 11.6 Å². The fourth-order valence-corrected chi connectivity index (χ4v) is 7.87. The largest absolute Gasteiger partial charge is 0.388 e. The van der Waals surface area contributed by atoms with Crippen molar-refractivity contribution in [2.24, 2.45) is 40.4 Å². The minimum Gasteiger partial charge on any atom is -0.388 e. The highest BCUT2D eigenvalue weighted by atomic mass is 16.3. The van der Waals surface area contributed by atoms with Gasteiger partial charge in [-0.05, 0) is 54.4 Å². The molecular weight excluding hydrogens is 356 g/mol. The van der Waals surface area contributed by atoms with Crippen LogP contribution in [0.4, 0.5) is 0 Å². The molecule has 154 valence electrons. The minimum atomic E-state index is -1.66. The molecule has 0 bridgehead atoms. The smallest absolute Gasteiger partial charge is 0.190 e. The standard InChI is InChI=1S/C23H32O5/c1-12-7-15-17-8-13(2)23(28,19(27)11-24)22(17,4)10-18(26)20(15)21(3)6-5-14(25)9-16(12)21/h9,12-13,15,17,20,24,28H,5-8,10-11H2,1-4H3/t12-,13+,15?,17?,20+,21-,22-,23-/m0/s1. The van der Waals surface area contributed by atoms with E-state index >= 15 is 0 Å². The maximum absolute atomic E-state index is 13.5. The molecule has 0 aromatic rings. The third kappa shape index (κ3) is 2.23. The van der Waals surface area contributed by atoms with Crippen molar-refractivity contribution in [1.82, 2.24) is 0 Å². The Bertz CT molecular complexity index is 784. The zero-order chi connectivity index (χ0) is 20.6. The summed E-state index contributed by atoms with van der Waals surface area (Å²) in [4.78, 5) is 38.2. The fraction of sp³-hybridized carbons (Fsp3) is 0.783. The van der Waals surface area contributed by atoms with Crippen LogP contribution in [-0.2, 0) is 14.4 Å². The summed E-state index contributed by atoms with van der Waals surface area (Å²) < 4.78 is 0. The number of hydrogen-bond donors (Lipinski definition) is 2. The number of carbonyl (C=O) groups is 3. The van der Waals surface area contributed by atoms with E-state index in [4.69, 9.17) is 0 Å². The van der Waals surface area contributed by atoms with Gasteiger partial charge in [-0.2, -0.15) is 0 Å². The Morgan fingerprint density at radius 2 is 1.89 bits per heavy atom. The SMILES string of the molecule is C[C@@H]1CC2C3C[C@H](C)C4=CC(=O)CC[C@]4(C)[C@H]3C(=O)C[C@]2(C)[C@@]1(O)C(=O)CO. The molecule has 5 nitrogen and oxygen atoms in total. The Morgan fingerprint density at radius 1 is 1.21 bits per heavy atom. The summed E-state index contributed by atoms with van der Waals surface area (Å²) in [7, 11) is 0. The van der Waals surface area contributed by atoms with Gasteiger partial charge >= 0.3 is 0 Å². The summed E-state index contributed by atoms with van der Waals surface area (Å²) >= 11 is 0. The van der Waals surface area contributed by atoms with Crippen LogP contribution < -0.4 is 0 Å². The predicted octanol–water partition coefficient (Wildman–Crippen LogP) is 2.48. The Morgan fingerprint density at radius 3 is 2.54 bits per heavy atom. The molecule has 0 heterocycles. The monoisotopic (exact) mass is 388 g/mol. The number of Topliss-reactive ketones (excluding diaryl/α,β-unsaturated/α-hetero) is 2. The van der Waals surface area contributed by atoms with Crippen LogP contribution in [0, 0.1) is 40.4 Å². The van der Waals surface area contributed by atoms with E-state index in [1.807, 2.05) is 13.8 Å². The van der Waals surface area contributed by atoms with Crippen LogP contribution in [0.5, 0.6) is 0 Å². The topological polar surface area (TPSA) is 91.7 Å². The van der Waals surface area contributed by atoms with Crippen molar-refractivity contribution < 1.29 is 24.6 Å². The van der Waals surface area contributed by atoms with E-state index in [1.54, 1.807) is 6.08 Å². The van der Waals surface area contributed by atoms with E-state index in [0.29, 0.717) is 19.3 Å². The predicted molar refractivity (Wildman–Crippen MR) is 103 cm³/mol. The van der Waals surface area contributed by atoms with Gasteiger partial charge < -0.3 is 10.2 Å². The molecule has 2 unspecified atom stereocenters. The van der Waals surface area contributed by atoms with Crippen molar-refractivity contribution in [1.29, 1.82) is 0 Å². The number of ketones is 3. The molecule has 28 heavy (non-hydrogen) atoms. The second kappa shape index (κ2) is 6.09. The number of aliphatic hydroxyl groups is 2. The van der Waals surface area contributed by atoms with E-state index in [9.17, 15) is 24.6 Å². The number of hydrogen-bond acceptors (Lipinski definition) is 5.